The number of amides is 3. The first-order valence-corrected chi connectivity index (χ1v) is 10.3. The van der Waals surface area contributed by atoms with Crippen molar-refractivity contribution >= 4 is 35.3 Å². The van der Waals surface area contributed by atoms with Crippen molar-refractivity contribution < 1.29 is 19.2 Å². The fraction of sp³-hybridized carbons (Fsp3) is 0.600. The maximum atomic E-state index is 12.6. The van der Waals surface area contributed by atoms with Gasteiger partial charge in [0.05, 0.1) is 5.56 Å². The molecule has 1 aliphatic rings. The molecule has 0 fully saturated rings. The molecule has 0 aliphatic heterocycles. The molecule has 3 amide bonds. The molecule has 1 aromatic rings. The Hall–Kier alpha value is -2.02. The van der Waals surface area contributed by atoms with Gasteiger partial charge in [-0.3, -0.25) is 19.7 Å². The number of ketones is 1. The SMILES string of the molecule is CCC(C)=O.CCCC(NC(=O)c1c(C)sc2c1CCCC2)C(=O)NC=O. The summed E-state index contributed by atoms with van der Waals surface area (Å²) in [4.78, 5) is 47.0. The minimum atomic E-state index is -0.666. The number of fused-ring (bicyclic) bond motifs is 1. The van der Waals surface area contributed by atoms with Crippen LogP contribution in [0.1, 0.15) is 78.6 Å². The van der Waals surface area contributed by atoms with Crippen LogP contribution in [0.25, 0.3) is 0 Å². The van der Waals surface area contributed by atoms with Crippen molar-refractivity contribution in [2.75, 3.05) is 0 Å². The average molecular weight is 395 g/mol. The normalized spacial score (nSPS) is 13.5. The third-order valence-electron chi connectivity index (χ3n) is 4.47. The van der Waals surface area contributed by atoms with Crippen LogP contribution >= 0.6 is 11.3 Å². The first-order valence-electron chi connectivity index (χ1n) is 9.51. The number of aryl methyl sites for hydroxylation is 2. The Morgan fingerprint density at radius 1 is 1.19 bits per heavy atom. The zero-order valence-electron chi connectivity index (χ0n) is 16.6. The van der Waals surface area contributed by atoms with Crippen LogP contribution < -0.4 is 10.6 Å². The number of thiophene rings is 1. The number of hydrogen-bond acceptors (Lipinski definition) is 5. The van der Waals surface area contributed by atoms with Crippen LogP contribution in [-0.4, -0.2) is 30.0 Å². The molecule has 7 heteroatoms. The molecule has 0 aromatic carbocycles. The average Bonchev–Trinajstić information content (AvgIpc) is 2.97. The zero-order chi connectivity index (χ0) is 20.4. The molecule has 0 saturated heterocycles. The summed E-state index contributed by atoms with van der Waals surface area (Å²) in [6.07, 6.45) is 6.53. The second kappa shape index (κ2) is 11.6. The van der Waals surface area contributed by atoms with E-state index < -0.39 is 11.9 Å². The van der Waals surface area contributed by atoms with E-state index >= 15 is 0 Å². The smallest absolute Gasteiger partial charge is 0.253 e. The number of rotatable bonds is 7. The Kier molecular flexibility index (Phi) is 9.93. The second-order valence-corrected chi connectivity index (χ2v) is 7.95. The van der Waals surface area contributed by atoms with E-state index in [0.29, 0.717) is 19.3 Å². The molecule has 150 valence electrons. The van der Waals surface area contributed by atoms with Gasteiger partial charge < -0.3 is 10.1 Å². The van der Waals surface area contributed by atoms with Crippen LogP contribution in [0.15, 0.2) is 0 Å². The largest absolute Gasteiger partial charge is 0.340 e. The number of nitrogens with one attached hydrogen (secondary N) is 2. The molecule has 1 heterocycles. The Bertz CT molecular complexity index is 682. The Labute approximate surface area is 165 Å². The lowest BCUT2D eigenvalue weighted by atomic mass is 9.94. The van der Waals surface area contributed by atoms with Crippen LogP contribution in [0.5, 0.6) is 0 Å². The molecule has 0 spiro atoms. The molecule has 1 aromatic heterocycles. The lowest BCUT2D eigenvalue weighted by Crippen LogP contribution is -2.46. The molecular weight excluding hydrogens is 364 g/mol. The van der Waals surface area contributed by atoms with E-state index in [4.69, 9.17) is 0 Å². The predicted molar refractivity (Wildman–Crippen MR) is 107 cm³/mol. The van der Waals surface area contributed by atoms with E-state index in [1.807, 2.05) is 20.8 Å². The summed E-state index contributed by atoms with van der Waals surface area (Å²) in [6, 6.07) is -0.666. The van der Waals surface area contributed by atoms with Gasteiger partial charge in [0.1, 0.15) is 11.8 Å². The maximum Gasteiger partial charge on any atom is 0.253 e. The fourth-order valence-electron chi connectivity index (χ4n) is 2.95. The third-order valence-corrected chi connectivity index (χ3v) is 5.68. The Balaban J connectivity index is 0.000000646. The quantitative estimate of drug-likeness (QED) is 0.695. The summed E-state index contributed by atoms with van der Waals surface area (Å²) < 4.78 is 0. The highest BCUT2D eigenvalue weighted by Crippen LogP contribution is 2.33. The van der Waals surface area contributed by atoms with E-state index in [-0.39, 0.29) is 11.7 Å². The van der Waals surface area contributed by atoms with Crippen molar-refractivity contribution in [2.45, 2.75) is 78.7 Å². The van der Waals surface area contributed by atoms with E-state index in [2.05, 4.69) is 10.6 Å². The highest BCUT2D eigenvalue weighted by atomic mass is 32.1. The summed E-state index contributed by atoms with van der Waals surface area (Å²) in [7, 11) is 0. The standard InChI is InChI=1S/C16H22N2O3S.C4H8O/c1-3-6-12(15(20)17-9-19)18-16(21)14-10(2)22-13-8-5-4-7-11(13)14;1-3-4(2)5/h9,12H,3-8H2,1-2H3,(H,18,21)(H,17,19,20);3H2,1-2H3. The first-order chi connectivity index (χ1) is 12.8. The van der Waals surface area contributed by atoms with Crippen LogP contribution in [0, 0.1) is 6.92 Å². The highest BCUT2D eigenvalue weighted by Gasteiger charge is 2.26. The zero-order valence-corrected chi connectivity index (χ0v) is 17.5. The van der Waals surface area contributed by atoms with Gasteiger partial charge >= 0.3 is 0 Å². The van der Waals surface area contributed by atoms with E-state index in [9.17, 15) is 19.2 Å². The van der Waals surface area contributed by atoms with E-state index in [1.165, 1.54) is 11.3 Å². The summed E-state index contributed by atoms with van der Waals surface area (Å²) in [5.41, 5.74) is 1.89. The predicted octanol–water partition coefficient (Wildman–Crippen LogP) is 3.09. The number of imide groups is 1. The molecule has 1 atom stereocenters. The molecule has 1 unspecified atom stereocenters. The van der Waals surface area contributed by atoms with Gasteiger partial charge in [-0.15, -0.1) is 11.3 Å². The van der Waals surface area contributed by atoms with Gasteiger partial charge in [-0.1, -0.05) is 20.3 Å². The molecule has 0 radical (unpaired) electrons. The number of carbonyl (C=O) groups is 4. The van der Waals surface area contributed by atoms with Gasteiger partial charge in [0.25, 0.3) is 5.91 Å². The van der Waals surface area contributed by atoms with Crippen LogP contribution in [0.4, 0.5) is 0 Å². The summed E-state index contributed by atoms with van der Waals surface area (Å²) in [6.45, 7) is 7.33. The third kappa shape index (κ3) is 6.90. The topological polar surface area (TPSA) is 92.3 Å². The first kappa shape index (κ1) is 23.0. The van der Waals surface area contributed by atoms with Gasteiger partial charge in [-0.25, -0.2) is 0 Å². The molecule has 2 N–H and O–H groups in total. The molecule has 2 rings (SSSR count). The minimum Gasteiger partial charge on any atom is -0.340 e. The fourth-order valence-corrected chi connectivity index (χ4v) is 4.21. The van der Waals surface area contributed by atoms with Crippen molar-refractivity contribution in [1.29, 1.82) is 0 Å². The van der Waals surface area contributed by atoms with Crippen molar-refractivity contribution in [3.05, 3.63) is 20.9 Å². The maximum absolute atomic E-state index is 12.6. The van der Waals surface area contributed by atoms with Crippen molar-refractivity contribution in [3.8, 4) is 0 Å². The van der Waals surface area contributed by atoms with Gasteiger partial charge in [0.15, 0.2) is 0 Å². The number of Topliss-reactive ketones (excluding diaryl/α,β-unsaturated/α-hetero) is 1. The van der Waals surface area contributed by atoms with Gasteiger partial charge in [-0.2, -0.15) is 0 Å². The van der Waals surface area contributed by atoms with E-state index in [0.717, 1.165) is 41.7 Å². The molecule has 0 bridgehead atoms. The van der Waals surface area contributed by atoms with Crippen LogP contribution in [0.2, 0.25) is 0 Å². The molecule has 6 nitrogen and oxygen atoms in total. The number of carbonyl (C=O) groups excluding carboxylic acids is 4. The lowest BCUT2D eigenvalue weighted by molar-refractivity contribution is -0.127. The molecular formula is C20H30N2O4S. The van der Waals surface area contributed by atoms with Crippen LogP contribution in [0.3, 0.4) is 0 Å². The van der Waals surface area contributed by atoms with Gasteiger partial charge in [0.2, 0.25) is 12.3 Å². The van der Waals surface area contributed by atoms with E-state index in [1.54, 1.807) is 18.3 Å². The highest BCUT2D eigenvalue weighted by molar-refractivity contribution is 7.12. The summed E-state index contributed by atoms with van der Waals surface area (Å²) in [5.74, 6) is -0.395. The van der Waals surface area contributed by atoms with Crippen LogP contribution in [-0.2, 0) is 27.2 Å². The Morgan fingerprint density at radius 3 is 2.37 bits per heavy atom. The summed E-state index contributed by atoms with van der Waals surface area (Å²) >= 11 is 1.69. The lowest BCUT2D eigenvalue weighted by Gasteiger charge is -2.18. The van der Waals surface area contributed by atoms with Gasteiger partial charge in [0, 0.05) is 16.2 Å². The van der Waals surface area contributed by atoms with Crippen molar-refractivity contribution in [3.63, 3.8) is 0 Å². The Morgan fingerprint density at radius 2 is 1.81 bits per heavy atom. The number of hydrogen-bond donors (Lipinski definition) is 2. The minimum absolute atomic E-state index is 0.198. The molecule has 27 heavy (non-hydrogen) atoms. The summed E-state index contributed by atoms with van der Waals surface area (Å²) in [5, 5.41) is 4.92. The van der Waals surface area contributed by atoms with Gasteiger partial charge in [-0.05, 0) is 51.5 Å². The van der Waals surface area contributed by atoms with Crippen molar-refractivity contribution in [1.82, 2.24) is 10.6 Å². The molecule has 0 saturated carbocycles. The second-order valence-electron chi connectivity index (χ2n) is 6.64. The molecule has 1 aliphatic carbocycles. The monoisotopic (exact) mass is 394 g/mol. The van der Waals surface area contributed by atoms with Crippen molar-refractivity contribution in [2.24, 2.45) is 0 Å².